The van der Waals surface area contributed by atoms with Gasteiger partial charge in [0, 0.05) is 49.6 Å². The molecule has 3 aromatic rings. The fourth-order valence-electron chi connectivity index (χ4n) is 3.48. The molecule has 0 amide bonds. The minimum absolute atomic E-state index is 0.282. The Kier molecular flexibility index (Phi) is 5.65. The molecule has 0 aromatic carbocycles. The summed E-state index contributed by atoms with van der Waals surface area (Å²) in [6.07, 6.45) is 2.70. The van der Waals surface area contributed by atoms with Crippen molar-refractivity contribution in [3.63, 3.8) is 0 Å². The van der Waals surface area contributed by atoms with Crippen molar-refractivity contribution < 1.29 is 9.13 Å². The van der Waals surface area contributed by atoms with Crippen molar-refractivity contribution in [2.24, 2.45) is 0 Å². The van der Waals surface area contributed by atoms with Crippen LogP contribution in [-0.2, 0) is 0 Å². The van der Waals surface area contributed by atoms with Crippen LogP contribution >= 0.6 is 30.3 Å². The Morgan fingerprint density at radius 1 is 1.39 bits per heavy atom. The molecule has 0 aliphatic carbocycles. The maximum atomic E-state index is 14.3. The summed E-state index contributed by atoms with van der Waals surface area (Å²) in [6, 6.07) is 1.66. The highest BCUT2D eigenvalue weighted by atomic mass is 127. The molecule has 11 heteroatoms. The number of nitrogens with one attached hydrogen (secondary N) is 1. The minimum Gasteiger partial charge on any atom is -0.477 e. The van der Waals surface area contributed by atoms with Gasteiger partial charge in [0.25, 0.3) is 0 Å². The van der Waals surface area contributed by atoms with Crippen LogP contribution in [0.4, 0.5) is 16.0 Å². The molecule has 1 saturated heterocycles. The molecule has 4 rings (SSSR count). The number of hydrogen-bond acceptors (Lipinski definition) is 7. The third-order valence-electron chi connectivity index (χ3n) is 4.84. The lowest BCUT2D eigenvalue weighted by atomic mass is 10.2. The molecule has 8 nitrogen and oxygen atoms in total. The number of alkyl halides is 1. The normalized spacial score (nSPS) is 20.2. The number of likely N-dealkylation sites (N-methyl/N-ethyl adjacent to an activating group) is 1. The van der Waals surface area contributed by atoms with Gasteiger partial charge in [0.2, 0.25) is 11.8 Å². The summed E-state index contributed by atoms with van der Waals surface area (Å²) in [5, 5.41) is 8.50. The van der Waals surface area contributed by atoms with E-state index in [0.29, 0.717) is 31.5 Å². The molecule has 1 N–H and O–H groups in total. The Morgan fingerprint density at radius 2 is 2.21 bits per heavy atom. The van der Waals surface area contributed by atoms with E-state index >= 15 is 0 Å². The van der Waals surface area contributed by atoms with E-state index < -0.39 is 6.17 Å². The number of nitrogens with zero attached hydrogens (tertiary/aromatic N) is 6. The number of ether oxygens (including phenoxy) is 1. The number of likely N-dealkylation sites (tertiary alicyclic amines) is 1. The first-order valence-corrected chi connectivity index (χ1v) is 12.3. The smallest absolute Gasteiger partial charge is 0.232 e. The zero-order chi connectivity index (χ0) is 19.8. The van der Waals surface area contributed by atoms with Crippen molar-refractivity contribution in [1.29, 1.82) is 0 Å². The van der Waals surface area contributed by atoms with Crippen molar-refractivity contribution in [3.05, 3.63) is 24.2 Å². The van der Waals surface area contributed by atoms with E-state index in [-0.39, 0.29) is 6.04 Å². The van der Waals surface area contributed by atoms with Crippen LogP contribution in [0.2, 0.25) is 0 Å². The number of halogens is 2. The van der Waals surface area contributed by atoms with Crippen LogP contribution in [0.3, 0.4) is 0 Å². The molecule has 0 radical (unpaired) electrons. The maximum Gasteiger partial charge on any atom is 0.232 e. The Hall–Kier alpha value is -1.60. The van der Waals surface area contributed by atoms with Gasteiger partial charge in [0.05, 0.1) is 35.6 Å². The van der Waals surface area contributed by atoms with Gasteiger partial charge in [-0.25, -0.2) is 4.39 Å². The SMILES string of the molecule is CCOc1nc(Nc2cnn(C3CN(C)CC3F)c2C)nc2c1ccn2SI. The van der Waals surface area contributed by atoms with Crippen LogP contribution in [0.15, 0.2) is 18.5 Å². The predicted molar refractivity (Wildman–Crippen MR) is 117 cm³/mol. The third kappa shape index (κ3) is 3.54. The standard InChI is InChI=1S/C17H21FIN7OS/c1-4-27-16-11-5-6-25(28-19)15(11)22-17(23-16)21-13-7-20-26(10(13)2)14-9-24(3)8-12(14)18/h5-7,12,14H,4,8-9H2,1-3H3,(H,21,22,23). The van der Waals surface area contributed by atoms with E-state index in [9.17, 15) is 4.39 Å². The summed E-state index contributed by atoms with van der Waals surface area (Å²) in [7, 11) is 3.44. The zero-order valence-electron chi connectivity index (χ0n) is 15.8. The molecule has 3 aromatic heterocycles. The van der Waals surface area contributed by atoms with Crippen LogP contribution < -0.4 is 10.1 Å². The number of rotatable bonds is 6. The van der Waals surface area contributed by atoms with Gasteiger partial charge in [-0.3, -0.25) is 8.65 Å². The molecule has 0 saturated carbocycles. The average Bonchev–Trinajstić information content (AvgIpc) is 3.33. The molecule has 0 spiro atoms. The largest absolute Gasteiger partial charge is 0.477 e. The second-order valence-corrected chi connectivity index (χ2v) is 8.46. The fourth-order valence-corrected chi connectivity index (χ4v) is 4.75. The lowest BCUT2D eigenvalue weighted by molar-refractivity contribution is 0.265. The Bertz CT molecular complexity index is 993. The highest BCUT2D eigenvalue weighted by molar-refractivity contribution is 14.2. The molecule has 2 atom stereocenters. The van der Waals surface area contributed by atoms with Crippen LogP contribution in [0.5, 0.6) is 5.88 Å². The summed E-state index contributed by atoms with van der Waals surface area (Å²) in [6.45, 7) is 5.42. The number of fused-ring (bicyclic) bond motifs is 1. The predicted octanol–water partition coefficient (Wildman–Crippen LogP) is 3.75. The molecule has 150 valence electrons. The molecule has 2 unspecified atom stereocenters. The highest BCUT2D eigenvalue weighted by Gasteiger charge is 2.34. The number of aromatic nitrogens is 5. The molecule has 4 heterocycles. The quantitative estimate of drug-likeness (QED) is 0.500. The lowest BCUT2D eigenvalue weighted by Gasteiger charge is -2.15. The average molecular weight is 517 g/mol. The van der Waals surface area contributed by atoms with Gasteiger partial charge in [0.1, 0.15) is 6.17 Å². The fraction of sp³-hybridized carbons (Fsp3) is 0.471. The van der Waals surface area contributed by atoms with E-state index in [4.69, 9.17) is 4.74 Å². The summed E-state index contributed by atoms with van der Waals surface area (Å²) in [5.41, 5.74) is 2.37. The Labute approximate surface area is 178 Å². The number of anilines is 2. The van der Waals surface area contributed by atoms with Gasteiger partial charge >= 0.3 is 0 Å². The van der Waals surface area contributed by atoms with Gasteiger partial charge < -0.3 is 15.0 Å². The van der Waals surface area contributed by atoms with Crippen molar-refractivity contribution in [3.8, 4) is 5.88 Å². The summed E-state index contributed by atoms with van der Waals surface area (Å²) < 4.78 is 23.7. The molecular weight excluding hydrogens is 496 g/mol. The van der Waals surface area contributed by atoms with Crippen LogP contribution in [0, 0.1) is 6.92 Å². The summed E-state index contributed by atoms with van der Waals surface area (Å²) >= 11 is 2.21. The zero-order valence-corrected chi connectivity index (χ0v) is 18.7. The molecule has 28 heavy (non-hydrogen) atoms. The van der Waals surface area contributed by atoms with E-state index in [0.717, 1.165) is 22.4 Å². The van der Waals surface area contributed by atoms with Crippen LogP contribution in [-0.4, -0.2) is 61.5 Å². The van der Waals surface area contributed by atoms with Crippen molar-refractivity contribution in [1.82, 2.24) is 28.6 Å². The van der Waals surface area contributed by atoms with Crippen molar-refractivity contribution >= 4 is 53.0 Å². The lowest BCUT2D eigenvalue weighted by Crippen LogP contribution is -2.21. The molecule has 0 bridgehead atoms. The first kappa shape index (κ1) is 19.7. The summed E-state index contributed by atoms with van der Waals surface area (Å²) in [5.74, 6) is 0.954. The molecule has 1 aliphatic rings. The van der Waals surface area contributed by atoms with E-state index in [1.54, 1.807) is 10.9 Å². The van der Waals surface area contributed by atoms with E-state index in [2.05, 4.69) is 41.6 Å². The summed E-state index contributed by atoms with van der Waals surface area (Å²) in [4.78, 5) is 11.1. The van der Waals surface area contributed by atoms with Gasteiger partial charge in [-0.1, -0.05) is 0 Å². The molecular formula is C17H21FIN7OS. The van der Waals surface area contributed by atoms with Crippen molar-refractivity contribution in [2.45, 2.75) is 26.1 Å². The van der Waals surface area contributed by atoms with E-state index in [1.807, 2.05) is 42.0 Å². The van der Waals surface area contributed by atoms with Crippen molar-refractivity contribution in [2.75, 3.05) is 32.1 Å². The highest BCUT2D eigenvalue weighted by Crippen LogP contribution is 2.32. The van der Waals surface area contributed by atoms with Gasteiger partial charge in [-0.2, -0.15) is 15.1 Å². The Morgan fingerprint density at radius 3 is 2.89 bits per heavy atom. The molecule has 1 fully saturated rings. The van der Waals surface area contributed by atoms with Gasteiger partial charge in [-0.15, -0.1) is 0 Å². The minimum atomic E-state index is -0.933. The van der Waals surface area contributed by atoms with Gasteiger partial charge in [-0.05, 0) is 27.0 Å². The van der Waals surface area contributed by atoms with Gasteiger partial charge in [0.15, 0.2) is 5.65 Å². The first-order chi connectivity index (χ1) is 13.5. The third-order valence-corrected chi connectivity index (χ3v) is 6.56. The first-order valence-electron chi connectivity index (χ1n) is 8.96. The van der Waals surface area contributed by atoms with Crippen LogP contribution in [0.25, 0.3) is 11.0 Å². The number of hydrogen-bond donors (Lipinski definition) is 1. The second kappa shape index (κ2) is 8.03. The van der Waals surface area contributed by atoms with Crippen LogP contribution in [0.1, 0.15) is 18.7 Å². The topological polar surface area (TPSA) is 73.0 Å². The Balaban J connectivity index is 1.67. The maximum absolute atomic E-state index is 14.3. The monoisotopic (exact) mass is 517 g/mol. The van der Waals surface area contributed by atoms with E-state index in [1.165, 1.54) is 9.12 Å². The second-order valence-electron chi connectivity index (χ2n) is 6.75. The molecule has 1 aliphatic heterocycles.